The molecule has 0 atom stereocenters. The number of alkyl halides is 3. The Balaban J connectivity index is 1.91. The van der Waals surface area contributed by atoms with Crippen LogP contribution in [0.5, 0.6) is 0 Å². The highest BCUT2D eigenvalue weighted by atomic mass is 19.4. The zero-order valence-electron chi connectivity index (χ0n) is 12.8. The maximum Gasteiger partial charge on any atom is 0.416 e. The van der Waals surface area contributed by atoms with Crippen LogP contribution in [0.25, 0.3) is 0 Å². The molecule has 0 unspecified atom stereocenters. The van der Waals surface area contributed by atoms with Crippen LogP contribution in [0.15, 0.2) is 48.5 Å². The molecule has 0 aliphatic rings. The first kappa shape index (κ1) is 17.5. The van der Waals surface area contributed by atoms with E-state index in [0.717, 1.165) is 29.8 Å². The van der Waals surface area contributed by atoms with Gasteiger partial charge in [-0.2, -0.15) is 13.2 Å². The van der Waals surface area contributed by atoms with E-state index < -0.39 is 30.0 Å². The fraction of sp³-hybridized carbons (Fsp3) is 0.176. The van der Waals surface area contributed by atoms with Crippen LogP contribution < -0.4 is 10.6 Å². The fourth-order valence-electron chi connectivity index (χ4n) is 2.00. The minimum atomic E-state index is -4.43. The third-order valence-corrected chi connectivity index (χ3v) is 3.24. The van der Waals surface area contributed by atoms with Crippen LogP contribution in [0.4, 0.5) is 24.5 Å². The molecule has 0 aliphatic heterocycles. The predicted octanol–water partition coefficient (Wildman–Crippen LogP) is 3.98. The molecule has 0 radical (unpaired) electrons. The molecule has 2 rings (SSSR count). The van der Waals surface area contributed by atoms with Gasteiger partial charge in [0.1, 0.15) is 6.42 Å². The number of carbonyl (C=O) groups excluding carboxylic acids is 2. The van der Waals surface area contributed by atoms with E-state index in [1.165, 1.54) is 0 Å². The van der Waals surface area contributed by atoms with Crippen molar-refractivity contribution in [2.24, 2.45) is 0 Å². The zero-order chi connectivity index (χ0) is 17.7. The van der Waals surface area contributed by atoms with Gasteiger partial charge in [0.15, 0.2) is 0 Å². The maximum absolute atomic E-state index is 12.5. The highest BCUT2D eigenvalue weighted by molar-refractivity contribution is 6.08. The Kier molecular flexibility index (Phi) is 5.23. The van der Waals surface area contributed by atoms with E-state index in [1.54, 1.807) is 12.1 Å². The number of para-hydroxylation sites is 1. The molecule has 0 heterocycles. The van der Waals surface area contributed by atoms with Crippen molar-refractivity contribution in [3.05, 3.63) is 59.7 Å². The van der Waals surface area contributed by atoms with Gasteiger partial charge < -0.3 is 10.6 Å². The van der Waals surface area contributed by atoms with Crippen LogP contribution in [0, 0.1) is 6.92 Å². The summed E-state index contributed by atoms with van der Waals surface area (Å²) in [6, 6.07) is 11.1. The Hall–Kier alpha value is -2.83. The predicted molar refractivity (Wildman–Crippen MR) is 84.5 cm³/mol. The van der Waals surface area contributed by atoms with Gasteiger partial charge >= 0.3 is 6.18 Å². The third kappa shape index (κ3) is 4.84. The second-order valence-electron chi connectivity index (χ2n) is 5.16. The summed E-state index contributed by atoms with van der Waals surface area (Å²) >= 11 is 0. The standard InChI is InChI=1S/C17H15F3N2O2/c1-11-4-2-3-5-14(11)22-16(24)10-15(23)21-13-8-6-12(7-9-13)17(18,19)20/h2-9H,10H2,1H3,(H,21,23)(H,22,24). The minimum Gasteiger partial charge on any atom is -0.326 e. The first-order valence-electron chi connectivity index (χ1n) is 7.08. The SMILES string of the molecule is Cc1ccccc1NC(=O)CC(=O)Nc1ccc(C(F)(F)F)cc1. The monoisotopic (exact) mass is 336 g/mol. The average Bonchev–Trinajstić information content (AvgIpc) is 2.49. The Morgan fingerprint density at radius 3 is 2.08 bits per heavy atom. The Labute approximate surface area is 136 Å². The van der Waals surface area contributed by atoms with E-state index >= 15 is 0 Å². The van der Waals surface area contributed by atoms with Gasteiger partial charge in [-0.15, -0.1) is 0 Å². The number of halogens is 3. The number of nitrogens with one attached hydrogen (secondary N) is 2. The molecule has 0 bridgehead atoms. The van der Waals surface area contributed by atoms with E-state index in [2.05, 4.69) is 10.6 Å². The molecule has 2 aromatic carbocycles. The lowest BCUT2D eigenvalue weighted by atomic mass is 10.2. The minimum absolute atomic E-state index is 0.191. The van der Waals surface area contributed by atoms with Gasteiger partial charge in [0.05, 0.1) is 5.56 Å². The highest BCUT2D eigenvalue weighted by Crippen LogP contribution is 2.29. The lowest BCUT2D eigenvalue weighted by Crippen LogP contribution is -2.21. The van der Waals surface area contributed by atoms with Gasteiger partial charge in [0.25, 0.3) is 0 Å². The van der Waals surface area contributed by atoms with Crippen LogP contribution in [0.2, 0.25) is 0 Å². The third-order valence-electron chi connectivity index (χ3n) is 3.24. The van der Waals surface area contributed by atoms with Crippen molar-refractivity contribution in [3.63, 3.8) is 0 Å². The lowest BCUT2D eigenvalue weighted by molar-refractivity contribution is -0.137. The molecule has 0 aromatic heterocycles. The van der Waals surface area contributed by atoms with Crippen LogP contribution in [-0.4, -0.2) is 11.8 Å². The van der Waals surface area contributed by atoms with Crippen LogP contribution in [0.1, 0.15) is 17.5 Å². The highest BCUT2D eigenvalue weighted by Gasteiger charge is 2.30. The molecule has 4 nitrogen and oxygen atoms in total. The van der Waals surface area contributed by atoms with Gasteiger partial charge in [-0.25, -0.2) is 0 Å². The largest absolute Gasteiger partial charge is 0.416 e. The molecule has 0 fully saturated rings. The fourth-order valence-corrected chi connectivity index (χ4v) is 2.00. The van der Waals surface area contributed by atoms with Crippen molar-refractivity contribution in [2.45, 2.75) is 19.5 Å². The van der Waals surface area contributed by atoms with Gasteiger partial charge in [-0.1, -0.05) is 18.2 Å². The van der Waals surface area contributed by atoms with Crippen LogP contribution in [0.3, 0.4) is 0 Å². The van der Waals surface area contributed by atoms with Crippen molar-refractivity contribution in [1.29, 1.82) is 0 Å². The zero-order valence-corrected chi connectivity index (χ0v) is 12.8. The molecule has 2 aromatic rings. The maximum atomic E-state index is 12.5. The molecule has 0 saturated heterocycles. The van der Waals surface area contributed by atoms with E-state index in [9.17, 15) is 22.8 Å². The van der Waals surface area contributed by atoms with E-state index in [0.29, 0.717) is 5.69 Å². The summed E-state index contributed by atoms with van der Waals surface area (Å²) in [5.41, 5.74) is 0.841. The van der Waals surface area contributed by atoms with Crippen LogP contribution in [-0.2, 0) is 15.8 Å². The van der Waals surface area contributed by atoms with E-state index in [1.807, 2.05) is 19.1 Å². The Morgan fingerprint density at radius 1 is 0.917 bits per heavy atom. The molecule has 2 N–H and O–H groups in total. The van der Waals surface area contributed by atoms with Crippen molar-refractivity contribution >= 4 is 23.2 Å². The lowest BCUT2D eigenvalue weighted by Gasteiger charge is -2.10. The second kappa shape index (κ2) is 7.16. The molecule has 0 spiro atoms. The topological polar surface area (TPSA) is 58.2 Å². The van der Waals surface area contributed by atoms with Crippen molar-refractivity contribution < 1.29 is 22.8 Å². The molecule has 0 saturated carbocycles. The van der Waals surface area contributed by atoms with Crippen molar-refractivity contribution in [1.82, 2.24) is 0 Å². The second-order valence-corrected chi connectivity index (χ2v) is 5.16. The molecule has 2 amide bonds. The van der Waals surface area contributed by atoms with Crippen molar-refractivity contribution in [2.75, 3.05) is 10.6 Å². The van der Waals surface area contributed by atoms with Gasteiger partial charge in [-0.05, 0) is 42.8 Å². The average molecular weight is 336 g/mol. The quantitative estimate of drug-likeness (QED) is 0.830. The number of rotatable bonds is 4. The van der Waals surface area contributed by atoms with Gasteiger partial charge in [0, 0.05) is 11.4 Å². The van der Waals surface area contributed by atoms with Gasteiger partial charge in [0.2, 0.25) is 11.8 Å². The van der Waals surface area contributed by atoms with Crippen LogP contribution >= 0.6 is 0 Å². The number of hydrogen-bond acceptors (Lipinski definition) is 2. The van der Waals surface area contributed by atoms with E-state index in [-0.39, 0.29) is 5.69 Å². The molecule has 0 aliphatic carbocycles. The molecular weight excluding hydrogens is 321 g/mol. The number of anilines is 2. The number of aryl methyl sites for hydroxylation is 1. The summed E-state index contributed by atoms with van der Waals surface area (Å²) in [4.78, 5) is 23.6. The Morgan fingerprint density at radius 2 is 1.50 bits per heavy atom. The number of carbonyl (C=O) groups is 2. The summed E-state index contributed by atoms with van der Waals surface area (Å²) in [6.07, 6.45) is -4.87. The summed E-state index contributed by atoms with van der Waals surface area (Å²) in [5, 5.41) is 4.99. The number of hydrogen-bond donors (Lipinski definition) is 2. The molecule has 7 heteroatoms. The summed E-state index contributed by atoms with van der Waals surface area (Å²) < 4.78 is 37.4. The Bertz CT molecular complexity index is 740. The van der Waals surface area contributed by atoms with E-state index in [4.69, 9.17) is 0 Å². The molecular formula is C17H15F3N2O2. The molecule has 126 valence electrons. The van der Waals surface area contributed by atoms with Gasteiger partial charge in [-0.3, -0.25) is 9.59 Å². The summed E-state index contributed by atoms with van der Waals surface area (Å²) in [6.45, 7) is 1.82. The smallest absolute Gasteiger partial charge is 0.326 e. The molecule has 24 heavy (non-hydrogen) atoms. The summed E-state index contributed by atoms with van der Waals surface area (Å²) in [5.74, 6) is -1.12. The first-order valence-corrected chi connectivity index (χ1v) is 7.08. The first-order chi connectivity index (χ1) is 11.3. The number of amides is 2. The normalized spacial score (nSPS) is 11.0. The van der Waals surface area contributed by atoms with Crippen molar-refractivity contribution in [3.8, 4) is 0 Å². The number of benzene rings is 2. The summed E-state index contributed by atoms with van der Waals surface area (Å²) in [7, 11) is 0.